The maximum Gasteiger partial charge on any atom is 0.416 e. The summed E-state index contributed by atoms with van der Waals surface area (Å²) in [5, 5.41) is 14.3. The predicted octanol–water partition coefficient (Wildman–Crippen LogP) is 4.57. The zero-order valence-corrected chi connectivity index (χ0v) is 17.4. The van der Waals surface area contributed by atoms with Crippen LogP contribution >= 0.6 is 0 Å². The van der Waals surface area contributed by atoms with Crippen LogP contribution in [0.4, 0.5) is 13.2 Å². The van der Waals surface area contributed by atoms with E-state index in [0.717, 1.165) is 25.0 Å². The fourth-order valence-corrected chi connectivity index (χ4v) is 3.85. The smallest absolute Gasteiger partial charge is 0.416 e. The van der Waals surface area contributed by atoms with Gasteiger partial charge in [-0.2, -0.15) is 18.3 Å². The molecule has 6 nitrogen and oxygen atoms in total. The van der Waals surface area contributed by atoms with Gasteiger partial charge in [0.2, 0.25) is 5.91 Å². The molecule has 1 amide bonds. The number of alkyl halides is 3. The lowest BCUT2D eigenvalue weighted by atomic mass is 9.98. The minimum atomic E-state index is -4.53. The molecule has 0 atom stereocenters. The first-order chi connectivity index (χ1) is 15.2. The van der Waals surface area contributed by atoms with Gasteiger partial charge in [0, 0.05) is 30.0 Å². The molecule has 1 aliphatic rings. The molecule has 4 rings (SSSR count). The molecule has 0 aliphatic heterocycles. The van der Waals surface area contributed by atoms with Crippen LogP contribution in [0, 0.1) is 5.92 Å². The number of carbonyl (C=O) groups excluding carboxylic acids is 1. The molecule has 1 saturated carbocycles. The van der Waals surface area contributed by atoms with Crippen LogP contribution in [0.25, 0.3) is 22.2 Å². The number of hydrogen-bond acceptors (Lipinski definition) is 3. The lowest BCUT2D eigenvalue weighted by Crippen LogP contribution is -2.31. The van der Waals surface area contributed by atoms with Gasteiger partial charge >= 0.3 is 12.1 Å². The van der Waals surface area contributed by atoms with E-state index in [2.05, 4.69) is 5.10 Å². The molecule has 0 unspecified atom stereocenters. The molecule has 0 radical (unpaired) electrons. The van der Waals surface area contributed by atoms with Gasteiger partial charge in [0.05, 0.1) is 11.1 Å². The Kier molecular flexibility index (Phi) is 5.66. The Bertz CT molecular complexity index is 1180. The summed E-state index contributed by atoms with van der Waals surface area (Å²) in [6, 6.07) is 10.4. The fraction of sp³-hybridized carbons (Fsp3) is 0.348. The van der Waals surface area contributed by atoms with Crippen LogP contribution < -0.4 is 0 Å². The van der Waals surface area contributed by atoms with Crippen LogP contribution in [-0.4, -0.2) is 38.2 Å². The highest BCUT2D eigenvalue weighted by molar-refractivity contribution is 5.94. The average Bonchev–Trinajstić information content (AvgIpc) is 3.54. The van der Waals surface area contributed by atoms with Crippen molar-refractivity contribution >= 4 is 22.8 Å². The zero-order chi connectivity index (χ0) is 23.0. The maximum atomic E-state index is 13.5. The Labute approximate surface area is 182 Å². The number of hydrogen-bond donors (Lipinski definition) is 1. The maximum absolute atomic E-state index is 13.5. The molecule has 0 spiro atoms. The van der Waals surface area contributed by atoms with Gasteiger partial charge in [0.25, 0.3) is 0 Å². The number of carboxylic acid groups (broad SMARTS) is 1. The lowest BCUT2D eigenvalue weighted by molar-refractivity contribution is -0.138. The molecule has 1 fully saturated rings. The molecule has 1 N–H and O–H groups in total. The van der Waals surface area contributed by atoms with Gasteiger partial charge in [-0.05, 0) is 43.5 Å². The van der Waals surface area contributed by atoms with Crippen molar-refractivity contribution in [3.8, 4) is 11.3 Å². The van der Waals surface area contributed by atoms with Crippen molar-refractivity contribution in [1.82, 2.24) is 14.7 Å². The van der Waals surface area contributed by atoms with E-state index < -0.39 is 17.7 Å². The van der Waals surface area contributed by atoms with Gasteiger partial charge in [-0.3, -0.25) is 14.3 Å². The number of rotatable bonds is 7. The average molecular weight is 445 g/mol. The van der Waals surface area contributed by atoms with Gasteiger partial charge in [-0.25, -0.2) is 0 Å². The molecule has 2 aromatic carbocycles. The van der Waals surface area contributed by atoms with Crippen LogP contribution in [0.5, 0.6) is 0 Å². The van der Waals surface area contributed by atoms with E-state index in [0.29, 0.717) is 34.3 Å². The molecule has 0 saturated heterocycles. The Morgan fingerprint density at radius 3 is 2.53 bits per heavy atom. The molecule has 1 heterocycles. The van der Waals surface area contributed by atoms with E-state index >= 15 is 0 Å². The molecule has 9 heteroatoms. The second kappa shape index (κ2) is 8.29. The monoisotopic (exact) mass is 445 g/mol. The highest BCUT2D eigenvalue weighted by Crippen LogP contribution is 2.37. The summed E-state index contributed by atoms with van der Waals surface area (Å²) in [5.74, 6) is -1.19. The van der Waals surface area contributed by atoms with E-state index in [1.807, 2.05) is 0 Å². The number of halogens is 3. The van der Waals surface area contributed by atoms with Crippen LogP contribution in [0.15, 0.2) is 42.5 Å². The van der Waals surface area contributed by atoms with Crippen molar-refractivity contribution in [2.45, 2.75) is 39.0 Å². The second-order valence-electron chi connectivity index (χ2n) is 7.91. The third kappa shape index (κ3) is 4.32. The molecular weight excluding hydrogens is 423 g/mol. The quantitative estimate of drug-likeness (QED) is 0.578. The molecule has 1 aromatic heterocycles. The summed E-state index contributed by atoms with van der Waals surface area (Å²) in [4.78, 5) is 25.5. The van der Waals surface area contributed by atoms with Crippen LogP contribution in [-0.2, 0) is 28.9 Å². The molecule has 3 aromatic rings. The summed E-state index contributed by atoms with van der Waals surface area (Å²) in [6.07, 6.45) is -2.93. The highest BCUT2D eigenvalue weighted by atomic mass is 19.4. The zero-order valence-electron chi connectivity index (χ0n) is 17.4. The van der Waals surface area contributed by atoms with Crippen molar-refractivity contribution in [2.75, 3.05) is 6.54 Å². The third-order valence-electron chi connectivity index (χ3n) is 5.61. The molecular formula is C23H22F3N3O3. The summed E-state index contributed by atoms with van der Waals surface area (Å²) >= 11 is 0. The minimum absolute atomic E-state index is 0.0191. The van der Waals surface area contributed by atoms with E-state index in [9.17, 15) is 27.9 Å². The molecule has 1 aliphatic carbocycles. The van der Waals surface area contributed by atoms with Gasteiger partial charge < -0.3 is 10.0 Å². The first-order valence-corrected chi connectivity index (χ1v) is 10.4. The molecule has 168 valence electrons. The van der Waals surface area contributed by atoms with Gasteiger partial charge in [0.1, 0.15) is 12.2 Å². The summed E-state index contributed by atoms with van der Waals surface area (Å²) in [6.45, 7) is 1.81. The van der Waals surface area contributed by atoms with Crippen molar-refractivity contribution in [3.63, 3.8) is 0 Å². The van der Waals surface area contributed by atoms with Gasteiger partial charge in [-0.15, -0.1) is 0 Å². The van der Waals surface area contributed by atoms with Crippen molar-refractivity contribution in [2.24, 2.45) is 5.92 Å². The Hall–Kier alpha value is -3.36. The van der Waals surface area contributed by atoms with E-state index in [1.54, 1.807) is 36.1 Å². The van der Waals surface area contributed by atoms with E-state index in [-0.39, 0.29) is 24.9 Å². The first-order valence-electron chi connectivity index (χ1n) is 10.4. The topological polar surface area (TPSA) is 75.4 Å². The largest absolute Gasteiger partial charge is 0.480 e. The van der Waals surface area contributed by atoms with Crippen LogP contribution in [0.1, 0.15) is 30.9 Å². The Morgan fingerprint density at radius 1 is 1.19 bits per heavy atom. The molecule has 32 heavy (non-hydrogen) atoms. The van der Waals surface area contributed by atoms with Gasteiger partial charge in [0.15, 0.2) is 0 Å². The number of para-hydroxylation sites is 1. The number of carboxylic acids is 1. The van der Waals surface area contributed by atoms with Crippen LogP contribution in [0.2, 0.25) is 0 Å². The number of benzene rings is 2. The van der Waals surface area contributed by atoms with Crippen molar-refractivity contribution < 1.29 is 27.9 Å². The summed E-state index contributed by atoms with van der Waals surface area (Å²) in [7, 11) is 0. The third-order valence-corrected chi connectivity index (χ3v) is 5.61. The number of aliphatic carboxylic acids is 1. The van der Waals surface area contributed by atoms with Crippen molar-refractivity contribution in [1.29, 1.82) is 0 Å². The van der Waals surface area contributed by atoms with Gasteiger partial charge in [-0.1, -0.05) is 24.3 Å². The summed E-state index contributed by atoms with van der Waals surface area (Å²) < 4.78 is 41.7. The normalized spacial score (nSPS) is 14.0. The lowest BCUT2D eigenvalue weighted by Gasteiger charge is -2.23. The highest BCUT2D eigenvalue weighted by Gasteiger charge is 2.35. The number of nitrogens with zero attached hydrogens (tertiary/aromatic N) is 3. The number of aromatic nitrogens is 2. The SMILES string of the molecule is CCN(Cc1cc(C(F)(F)F)ccc1-c1nn(CC(=O)O)c2ccccc12)C(=O)C1CC1. The van der Waals surface area contributed by atoms with E-state index in [1.165, 1.54) is 10.7 Å². The summed E-state index contributed by atoms with van der Waals surface area (Å²) in [5.41, 5.74) is 0.917. The number of carbonyl (C=O) groups is 2. The minimum Gasteiger partial charge on any atom is -0.480 e. The Balaban J connectivity index is 1.85. The fourth-order valence-electron chi connectivity index (χ4n) is 3.85. The Morgan fingerprint density at radius 2 is 1.91 bits per heavy atom. The second-order valence-corrected chi connectivity index (χ2v) is 7.91. The predicted molar refractivity (Wildman–Crippen MR) is 112 cm³/mol. The number of amides is 1. The van der Waals surface area contributed by atoms with Crippen LogP contribution in [0.3, 0.4) is 0 Å². The standard InChI is InChI=1S/C23H22F3N3O3/c1-2-28(22(32)14-7-8-14)12-15-11-16(23(24,25)26)9-10-17(15)21-18-5-3-4-6-19(18)29(27-21)13-20(30)31/h3-6,9-11,14H,2,7-8,12-13H2,1H3,(H,30,31). The molecule has 0 bridgehead atoms. The van der Waals surface area contributed by atoms with E-state index in [4.69, 9.17) is 0 Å². The van der Waals surface area contributed by atoms with Crippen molar-refractivity contribution in [3.05, 3.63) is 53.6 Å². The number of fused-ring (bicyclic) bond motifs is 1. The first kappa shape index (κ1) is 21.9.